The molecule has 0 saturated carbocycles. The largest absolute Gasteiger partial charge is 0.417 e. The second-order valence-corrected chi connectivity index (χ2v) is 4.97. The first kappa shape index (κ1) is 15.9. The van der Waals surface area contributed by atoms with Gasteiger partial charge in [0.25, 0.3) is 5.91 Å². The van der Waals surface area contributed by atoms with Gasteiger partial charge in [0.05, 0.1) is 5.56 Å². The van der Waals surface area contributed by atoms with E-state index < -0.39 is 17.6 Å². The summed E-state index contributed by atoms with van der Waals surface area (Å²) in [6, 6.07) is 1.82. The van der Waals surface area contributed by atoms with Gasteiger partial charge in [0.1, 0.15) is 5.69 Å². The number of hydrogen-bond acceptors (Lipinski definition) is 2. The van der Waals surface area contributed by atoms with Crippen LogP contribution in [-0.2, 0) is 6.18 Å². The lowest BCUT2D eigenvalue weighted by Crippen LogP contribution is -2.38. The van der Waals surface area contributed by atoms with Gasteiger partial charge in [-0.25, -0.2) is 0 Å². The first-order chi connectivity index (χ1) is 8.75. The summed E-state index contributed by atoms with van der Waals surface area (Å²) in [5, 5.41) is 3.41. The van der Waals surface area contributed by atoms with Crippen LogP contribution in [0, 0.1) is 5.92 Å². The maximum Gasteiger partial charge on any atom is 0.417 e. The minimum Gasteiger partial charge on any atom is -0.348 e. The third-order valence-corrected chi connectivity index (χ3v) is 3.80. The molecule has 1 rings (SSSR count). The van der Waals surface area contributed by atoms with Crippen LogP contribution in [0.15, 0.2) is 18.3 Å². The number of pyridine rings is 1. The van der Waals surface area contributed by atoms with Crippen molar-refractivity contribution in [1.82, 2.24) is 10.3 Å². The molecule has 0 aliphatic rings. The van der Waals surface area contributed by atoms with Crippen LogP contribution in [0.3, 0.4) is 0 Å². The lowest BCUT2D eigenvalue weighted by atomic mass is 10.1. The van der Waals surface area contributed by atoms with Crippen LogP contribution in [0.2, 0.25) is 0 Å². The Bertz CT molecular complexity index is 434. The quantitative estimate of drug-likeness (QED) is 0.856. The fraction of sp³-hybridized carbons (Fsp3) is 0.500. The molecule has 2 atom stereocenters. The van der Waals surface area contributed by atoms with Crippen molar-refractivity contribution in [3.8, 4) is 0 Å². The van der Waals surface area contributed by atoms with Crippen molar-refractivity contribution < 1.29 is 18.0 Å². The molecule has 0 bridgehead atoms. The second-order valence-electron chi connectivity index (χ2n) is 4.32. The molecule has 0 aromatic carbocycles. The summed E-state index contributed by atoms with van der Waals surface area (Å²) in [5.74, 6) is -0.271. The molecule has 1 heterocycles. The molecule has 19 heavy (non-hydrogen) atoms. The van der Waals surface area contributed by atoms with Crippen LogP contribution in [0.5, 0.6) is 0 Å². The molecule has 0 aliphatic heterocycles. The van der Waals surface area contributed by atoms with E-state index in [-0.39, 0.29) is 17.7 Å². The van der Waals surface area contributed by atoms with Gasteiger partial charge in [-0.05, 0) is 25.0 Å². The summed E-state index contributed by atoms with van der Waals surface area (Å²) in [6.07, 6.45) is -3.78. The average molecular weight is 339 g/mol. The molecule has 1 aromatic rings. The Hall–Kier alpha value is -1.11. The van der Waals surface area contributed by atoms with Crippen molar-refractivity contribution in [2.24, 2.45) is 5.92 Å². The van der Waals surface area contributed by atoms with Crippen molar-refractivity contribution in [3.63, 3.8) is 0 Å². The predicted octanol–water partition coefficient (Wildman–Crippen LogP) is 3.25. The van der Waals surface area contributed by atoms with E-state index in [0.717, 1.165) is 17.5 Å². The molecular weight excluding hydrogens is 325 g/mol. The van der Waals surface area contributed by atoms with E-state index in [1.165, 1.54) is 0 Å². The topological polar surface area (TPSA) is 42.0 Å². The lowest BCUT2D eigenvalue weighted by molar-refractivity contribution is -0.137. The van der Waals surface area contributed by atoms with Crippen molar-refractivity contribution in [2.45, 2.75) is 26.1 Å². The maximum atomic E-state index is 12.3. The third kappa shape index (κ3) is 4.49. The summed E-state index contributed by atoms with van der Waals surface area (Å²) in [4.78, 5) is 15.3. The molecule has 0 aliphatic carbocycles. The Morgan fingerprint density at radius 3 is 2.47 bits per heavy atom. The molecule has 0 radical (unpaired) electrons. The Labute approximate surface area is 117 Å². The van der Waals surface area contributed by atoms with Crippen LogP contribution in [0.4, 0.5) is 13.2 Å². The standard InChI is InChI=1S/C12H14BrF3N2O/c1-7(5-13)8(2)18-11(19)10-4-3-9(6-17-10)12(14,15)16/h3-4,6-8H,5H2,1-2H3,(H,18,19). The minimum absolute atomic E-state index is 0.0263. The fourth-order valence-corrected chi connectivity index (χ4v) is 1.81. The number of hydrogen-bond donors (Lipinski definition) is 1. The molecule has 1 aromatic heterocycles. The van der Waals surface area contributed by atoms with E-state index in [9.17, 15) is 18.0 Å². The predicted molar refractivity (Wildman–Crippen MR) is 69.1 cm³/mol. The highest BCUT2D eigenvalue weighted by Crippen LogP contribution is 2.28. The van der Waals surface area contributed by atoms with Gasteiger partial charge in [-0.15, -0.1) is 0 Å². The number of amides is 1. The van der Waals surface area contributed by atoms with E-state index >= 15 is 0 Å². The molecular formula is C12H14BrF3N2O. The number of carbonyl (C=O) groups excluding carboxylic acids is 1. The van der Waals surface area contributed by atoms with Crippen molar-refractivity contribution in [1.29, 1.82) is 0 Å². The zero-order chi connectivity index (χ0) is 14.6. The molecule has 2 unspecified atom stereocenters. The van der Waals surface area contributed by atoms with Gasteiger partial charge in [-0.1, -0.05) is 22.9 Å². The minimum atomic E-state index is -4.44. The molecule has 0 spiro atoms. The second kappa shape index (κ2) is 6.36. The highest BCUT2D eigenvalue weighted by Gasteiger charge is 2.31. The van der Waals surface area contributed by atoms with E-state index in [2.05, 4.69) is 26.2 Å². The normalized spacial score (nSPS) is 14.8. The number of nitrogens with one attached hydrogen (secondary N) is 1. The van der Waals surface area contributed by atoms with Crippen LogP contribution < -0.4 is 5.32 Å². The monoisotopic (exact) mass is 338 g/mol. The zero-order valence-corrected chi connectivity index (χ0v) is 12.0. The van der Waals surface area contributed by atoms with Gasteiger partial charge in [0.2, 0.25) is 0 Å². The number of rotatable bonds is 4. The highest BCUT2D eigenvalue weighted by molar-refractivity contribution is 9.09. The Morgan fingerprint density at radius 1 is 1.42 bits per heavy atom. The van der Waals surface area contributed by atoms with Gasteiger partial charge >= 0.3 is 6.18 Å². The van der Waals surface area contributed by atoms with E-state index in [1.807, 2.05) is 13.8 Å². The molecule has 0 fully saturated rings. The summed E-state index contributed by atoms with van der Waals surface area (Å²) < 4.78 is 37.0. The third-order valence-electron chi connectivity index (χ3n) is 2.78. The molecule has 1 N–H and O–H groups in total. The number of alkyl halides is 4. The zero-order valence-electron chi connectivity index (χ0n) is 10.5. The number of nitrogens with zero attached hydrogens (tertiary/aromatic N) is 1. The average Bonchev–Trinajstić information content (AvgIpc) is 2.36. The van der Waals surface area contributed by atoms with Gasteiger partial charge < -0.3 is 5.32 Å². The molecule has 3 nitrogen and oxygen atoms in total. The van der Waals surface area contributed by atoms with Gasteiger partial charge in [0, 0.05) is 17.6 Å². The molecule has 7 heteroatoms. The SMILES string of the molecule is CC(CBr)C(C)NC(=O)c1ccc(C(F)(F)F)cn1. The first-order valence-corrected chi connectivity index (χ1v) is 6.78. The number of halogens is 4. The van der Waals surface area contributed by atoms with Crippen LogP contribution >= 0.6 is 15.9 Å². The van der Waals surface area contributed by atoms with Gasteiger partial charge in [-0.2, -0.15) is 13.2 Å². The summed E-state index contributed by atoms with van der Waals surface area (Å²) in [7, 11) is 0. The van der Waals surface area contributed by atoms with Gasteiger partial charge in [0.15, 0.2) is 0 Å². The molecule has 0 saturated heterocycles. The van der Waals surface area contributed by atoms with E-state index in [1.54, 1.807) is 0 Å². The summed E-state index contributed by atoms with van der Waals surface area (Å²) in [6.45, 7) is 3.77. The Morgan fingerprint density at radius 2 is 2.05 bits per heavy atom. The van der Waals surface area contributed by atoms with Crippen LogP contribution in [-0.4, -0.2) is 22.3 Å². The Kier molecular flexibility index (Phi) is 5.34. The molecule has 106 valence electrons. The number of aromatic nitrogens is 1. The van der Waals surface area contributed by atoms with E-state index in [0.29, 0.717) is 6.20 Å². The van der Waals surface area contributed by atoms with Crippen molar-refractivity contribution >= 4 is 21.8 Å². The summed E-state index contributed by atoms with van der Waals surface area (Å²) in [5.41, 5.74) is -0.896. The van der Waals surface area contributed by atoms with Gasteiger partial charge in [-0.3, -0.25) is 9.78 Å². The lowest BCUT2D eigenvalue weighted by Gasteiger charge is -2.19. The highest BCUT2D eigenvalue weighted by atomic mass is 79.9. The van der Waals surface area contributed by atoms with Crippen molar-refractivity contribution in [3.05, 3.63) is 29.6 Å². The van der Waals surface area contributed by atoms with Crippen molar-refractivity contribution in [2.75, 3.05) is 5.33 Å². The van der Waals surface area contributed by atoms with Crippen LogP contribution in [0.1, 0.15) is 29.9 Å². The Balaban J connectivity index is 2.74. The molecule has 1 amide bonds. The fourth-order valence-electron chi connectivity index (χ4n) is 1.25. The first-order valence-electron chi connectivity index (χ1n) is 5.65. The van der Waals surface area contributed by atoms with E-state index in [4.69, 9.17) is 0 Å². The maximum absolute atomic E-state index is 12.3. The summed E-state index contributed by atoms with van der Waals surface area (Å²) >= 11 is 3.30. The number of carbonyl (C=O) groups is 1. The smallest absolute Gasteiger partial charge is 0.348 e. The van der Waals surface area contributed by atoms with Crippen LogP contribution in [0.25, 0.3) is 0 Å².